The van der Waals surface area contributed by atoms with Crippen molar-refractivity contribution in [1.82, 2.24) is 10.2 Å². The molecule has 20 heavy (non-hydrogen) atoms. The van der Waals surface area contributed by atoms with Gasteiger partial charge in [0.2, 0.25) is 0 Å². The standard InChI is InChI=1S/C15H11BrClN3/c1-9-12(16)7-4-8-13(9)18-15-11-6-3-2-5-10(11)14(17)19-20-15/h2-8H,1H3,(H,18,20). The van der Waals surface area contributed by atoms with E-state index in [1.807, 2.05) is 49.4 Å². The zero-order valence-electron chi connectivity index (χ0n) is 10.7. The Hall–Kier alpha value is -1.65. The zero-order chi connectivity index (χ0) is 14.1. The lowest BCUT2D eigenvalue weighted by molar-refractivity contribution is 1.05. The molecule has 0 saturated heterocycles. The van der Waals surface area contributed by atoms with Crippen molar-refractivity contribution in [3.63, 3.8) is 0 Å². The van der Waals surface area contributed by atoms with Crippen molar-refractivity contribution in [3.05, 3.63) is 57.7 Å². The number of aromatic nitrogens is 2. The van der Waals surface area contributed by atoms with Crippen molar-refractivity contribution in [2.45, 2.75) is 6.92 Å². The number of anilines is 2. The van der Waals surface area contributed by atoms with Crippen LogP contribution in [-0.4, -0.2) is 10.2 Å². The van der Waals surface area contributed by atoms with Crippen molar-refractivity contribution in [1.29, 1.82) is 0 Å². The first kappa shape index (κ1) is 13.3. The van der Waals surface area contributed by atoms with Gasteiger partial charge in [-0.25, -0.2) is 0 Å². The summed E-state index contributed by atoms with van der Waals surface area (Å²) >= 11 is 9.60. The predicted octanol–water partition coefficient (Wildman–Crippen LogP) is 5.10. The summed E-state index contributed by atoms with van der Waals surface area (Å²) in [5.74, 6) is 0.700. The smallest absolute Gasteiger partial charge is 0.161 e. The summed E-state index contributed by atoms with van der Waals surface area (Å²) in [6.07, 6.45) is 0. The van der Waals surface area contributed by atoms with Crippen molar-refractivity contribution in [2.75, 3.05) is 5.32 Å². The largest absolute Gasteiger partial charge is 0.338 e. The maximum absolute atomic E-state index is 6.08. The summed E-state index contributed by atoms with van der Waals surface area (Å²) in [5, 5.41) is 13.7. The normalized spacial score (nSPS) is 10.8. The molecule has 0 aliphatic carbocycles. The number of hydrogen-bond acceptors (Lipinski definition) is 3. The molecule has 0 radical (unpaired) electrons. The van der Waals surface area contributed by atoms with Gasteiger partial charge in [0.05, 0.1) is 0 Å². The monoisotopic (exact) mass is 347 g/mol. The third-order valence-electron chi connectivity index (χ3n) is 3.16. The second kappa shape index (κ2) is 5.38. The average molecular weight is 349 g/mol. The minimum absolute atomic E-state index is 0.414. The molecule has 3 rings (SSSR count). The van der Waals surface area contributed by atoms with E-state index in [9.17, 15) is 0 Å². The SMILES string of the molecule is Cc1c(Br)cccc1Nc1nnc(Cl)c2ccccc12. The van der Waals surface area contributed by atoms with Crippen molar-refractivity contribution in [2.24, 2.45) is 0 Å². The molecule has 0 atom stereocenters. The van der Waals surface area contributed by atoms with Gasteiger partial charge >= 0.3 is 0 Å². The van der Waals surface area contributed by atoms with E-state index in [-0.39, 0.29) is 0 Å². The molecular formula is C15H11BrClN3. The molecule has 0 aliphatic heterocycles. The highest BCUT2D eigenvalue weighted by Gasteiger charge is 2.09. The lowest BCUT2D eigenvalue weighted by Crippen LogP contribution is -1.99. The molecule has 0 unspecified atom stereocenters. The van der Waals surface area contributed by atoms with Crippen LogP contribution in [0.5, 0.6) is 0 Å². The molecule has 0 saturated carbocycles. The van der Waals surface area contributed by atoms with E-state index >= 15 is 0 Å². The topological polar surface area (TPSA) is 37.8 Å². The molecule has 1 heterocycles. The number of fused-ring (bicyclic) bond motifs is 1. The number of hydrogen-bond donors (Lipinski definition) is 1. The van der Waals surface area contributed by atoms with E-state index in [0.29, 0.717) is 11.0 Å². The van der Waals surface area contributed by atoms with Crippen LogP contribution in [0.25, 0.3) is 10.8 Å². The minimum Gasteiger partial charge on any atom is -0.338 e. The van der Waals surface area contributed by atoms with Gasteiger partial charge in [-0.15, -0.1) is 10.2 Å². The van der Waals surface area contributed by atoms with Crippen molar-refractivity contribution >= 4 is 49.8 Å². The van der Waals surface area contributed by atoms with Gasteiger partial charge in [-0.3, -0.25) is 0 Å². The third-order valence-corrected chi connectivity index (χ3v) is 4.30. The van der Waals surface area contributed by atoms with Gasteiger partial charge in [-0.1, -0.05) is 57.9 Å². The Morgan fingerprint density at radius 1 is 1.00 bits per heavy atom. The molecule has 0 amide bonds. The molecule has 2 aromatic carbocycles. The van der Waals surface area contributed by atoms with Gasteiger partial charge in [0.15, 0.2) is 11.0 Å². The Labute approximate surface area is 130 Å². The van der Waals surface area contributed by atoms with Gasteiger partial charge in [0.1, 0.15) is 0 Å². The summed E-state index contributed by atoms with van der Waals surface area (Å²) in [7, 11) is 0. The van der Waals surface area contributed by atoms with Gasteiger partial charge < -0.3 is 5.32 Å². The van der Waals surface area contributed by atoms with E-state index in [4.69, 9.17) is 11.6 Å². The van der Waals surface area contributed by atoms with E-state index in [1.165, 1.54) is 0 Å². The first-order chi connectivity index (χ1) is 9.66. The molecule has 3 nitrogen and oxygen atoms in total. The number of benzene rings is 2. The predicted molar refractivity (Wildman–Crippen MR) is 86.7 cm³/mol. The fourth-order valence-electron chi connectivity index (χ4n) is 2.03. The van der Waals surface area contributed by atoms with Gasteiger partial charge in [-0.05, 0) is 24.6 Å². The highest BCUT2D eigenvalue weighted by molar-refractivity contribution is 9.10. The Bertz CT molecular complexity index is 789. The molecular weight excluding hydrogens is 338 g/mol. The van der Waals surface area contributed by atoms with Gasteiger partial charge in [0.25, 0.3) is 0 Å². The van der Waals surface area contributed by atoms with Crippen LogP contribution < -0.4 is 5.32 Å². The summed E-state index contributed by atoms with van der Waals surface area (Å²) in [5.41, 5.74) is 2.11. The van der Waals surface area contributed by atoms with Crippen LogP contribution >= 0.6 is 27.5 Å². The Morgan fingerprint density at radius 2 is 1.75 bits per heavy atom. The van der Waals surface area contributed by atoms with Crippen molar-refractivity contribution in [3.8, 4) is 0 Å². The highest BCUT2D eigenvalue weighted by Crippen LogP contribution is 2.30. The third kappa shape index (κ3) is 2.37. The maximum Gasteiger partial charge on any atom is 0.161 e. The number of halogens is 2. The second-order valence-electron chi connectivity index (χ2n) is 4.42. The average Bonchev–Trinajstić information content (AvgIpc) is 2.47. The molecule has 0 bridgehead atoms. The lowest BCUT2D eigenvalue weighted by Gasteiger charge is -2.11. The number of nitrogens with zero attached hydrogens (tertiary/aromatic N) is 2. The molecule has 0 fully saturated rings. The Kier molecular flexibility index (Phi) is 3.59. The van der Waals surface area contributed by atoms with Crippen LogP contribution in [0.2, 0.25) is 5.15 Å². The quantitative estimate of drug-likeness (QED) is 0.700. The van der Waals surface area contributed by atoms with Crippen LogP contribution in [0.1, 0.15) is 5.56 Å². The van der Waals surface area contributed by atoms with Gasteiger partial charge in [0, 0.05) is 20.9 Å². The maximum atomic E-state index is 6.08. The first-order valence-electron chi connectivity index (χ1n) is 6.10. The highest BCUT2D eigenvalue weighted by atomic mass is 79.9. The van der Waals surface area contributed by atoms with Crippen LogP contribution in [0.3, 0.4) is 0 Å². The molecule has 5 heteroatoms. The van der Waals surface area contributed by atoms with Crippen LogP contribution in [0.4, 0.5) is 11.5 Å². The summed E-state index contributed by atoms with van der Waals surface area (Å²) in [6.45, 7) is 2.04. The van der Waals surface area contributed by atoms with Crippen LogP contribution in [-0.2, 0) is 0 Å². The minimum atomic E-state index is 0.414. The summed E-state index contributed by atoms with van der Waals surface area (Å²) in [6, 6.07) is 13.8. The number of nitrogens with one attached hydrogen (secondary N) is 1. The first-order valence-corrected chi connectivity index (χ1v) is 7.27. The second-order valence-corrected chi connectivity index (χ2v) is 5.63. The molecule has 1 aromatic heterocycles. The van der Waals surface area contributed by atoms with E-state index in [1.54, 1.807) is 0 Å². The van der Waals surface area contributed by atoms with Crippen molar-refractivity contribution < 1.29 is 0 Å². The molecule has 0 spiro atoms. The number of rotatable bonds is 2. The van der Waals surface area contributed by atoms with E-state index < -0.39 is 0 Å². The van der Waals surface area contributed by atoms with Crippen LogP contribution in [0.15, 0.2) is 46.9 Å². The van der Waals surface area contributed by atoms with Gasteiger partial charge in [-0.2, -0.15) is 0 Å². The Morgan fingerprint density at radius 3 is 2.55 bits per heavy atom. The summed E-state index contributed by atoms with van der Waals surface area (Å²) in [4.78, 5) is 0. The molecule has 100 valence electrons. The van der Waals surface area contributed by atoms with E-state index in [2.05, 4.69) is 31.4 Å². The molecule has 0 aliphatic rings. The molecule has 3 aromatic rings. The lowest BCUT2D eigenvalue weighted by atomic mass is 10.1. The fraction of sp³-hybridized carbons (Fsp3) is 0.0667. The fourth-order valence-corrected chi connectivity index (χ4v) is 2.60. The zero-order valence-corrected chi connectivity index (χ0v) is 13.0. The summed E-state index contributed by atoms with van der Waals surface area (Å²) < 4.78 is 1.05. The van der Waals surface area contributed by atoms with E-state index in [0.717, 1.165) is 26.5 Å². The van der Waals surface area contributed by atoms with Crippen LogP contribution in [0, 0.1) is 6.92 Å². The Balaban J connectivity index is 2.12. The molecule has 1 N–H and O–H groups in total.